The highest BCUT2D eigenvalue weighted by atomic mass is 32.2. The van der Waals surface area contributed by atoms with Crippen molar-refractivity contribution in [2.75, 3.05) is 12.8 Å². The largest absolute Gasteiger partial charge is 0.481 e. The van der Waals surface area contributed by atoms with Crippen molar-refractivity contribution in [2.24, 2.45) is 0 Å². The summed E-state index contributed by atoms with van der Waals surface area (Å²) in [7, 11) is 0. The fraction of sp³-hybridized carbons (Fsp3) is 0.429. The zero-order valence-corrected chi connectivity index (χ0v) is 11.7. The summed E-state index contributed by atoms with van der Waals surface area (Å²) in [6.45, 7) is 0.293. The number of amides is 1. The van der Waals surface area contributed by atoms with E-state index in [4.69, 9.17) is 5.11 Å². The van der Waals surface area contributed by atoms with Crippen LogP contribution in [0.2, 0.25) is 0 Å². The summed E-state index contributed by atoms with van der Waals surface area (Å²) in [6, 6.07) is 7.70. The number of benzene rings is 1. The van der Waals surface area contributed by atoms with Crippen LogP contribution in [0.4, 0.5) is 0 Å². The Labute approximate surface area is 116 Å². The van der Waals surface area contributed by atoms with Crippen LogP contribution in [0.5, 0.6) is 0 Å². The average molecular weight is 279 g/mol. The van der Waals surface area contributed by atoms with E-state index in [-0.39, 0.29) is 18.4 Å². The zero-order chi connectivity index (χ0) is 13.8. The maximum absolute atomic E-state index is 12.5. The predicted molar refractivity (Wildman–Crippen MR) is 74.5 cm³/mol. The molecule has 0 heterocycles. The third kappa shape index (κ3) is 3.50. The molecule has 0 saturated heterocycles. The highest BCUT2D eigenvalue weighted by Gasteiger charge is 2.33. The molecule has 1 saturated carbocycles. The Balaban J connectivity index is 2.16. The minimum atomic E-state index is -0.864. The Bertz CT molecular complexity index is 485. The number of carboxylic acid groups (broad SMARTS) is 1. The molecule has 0 bridgehead atoms. The first-order valence-electron chi connectivity index (χ1n) is 6.29. The Morgan fingerprint density at radius 1 is 1.37 bits per heavy atom. The quantitative estimate of drug-likeness (QED) is 0.813. The molecule has 102 valence electrons. The second-order valence-corrected chi connectivity index (χ2v) is 5.42. The lowest BCUT2D eigenvalue weighted by atomic mass is 10.2. The summed E-state index contributed by atoms with van der Waals surface area (Å²) < 4.78 is 0. The summed E-state index contributed by atoms with van der Waals surface area (Å²) in [4.78, 5) is 25.9. The molecule has 19 heavy (non-hydrogen) atoms. The van der Waals surface area contributed by atoms with Gasteiger partial charge in [0.15, 0.2) is 0 Å². The van der Waals surface area contributed by atoms with E-state index in [1.165, 1.54) is 11.8 Å². The molecule has 1 fully saturated rings. The van der Waals surface area contributed by atoms with E-state index in [0.29, 0.717) is 12.1 Å². The monoisotopic (exact) mass is 279 g/mol. The summed E-state index contributed by atoms with van der Waals surface area (Å²) in [6.07, 6.45) is 3.90. The topological polar surface area (TPSA) is 57.6 Å². The van der Waals surface area contributed by atoms with Crippen LogP contribution in [0.15, 0.2) is 29.2 Å². The Morgan fingerprint density at radius 2 is 2.05 bits per heavy atom. The van der Waals surface area contributed by atoms with Crippen LogP contribution in [0.3, 0.4) is 0 Å². The van der Waals surface area contributed by atoms with Gasteiger partial charge in [-0.05, 0) is 31.2 Å². The normalized spacial score (nSPS) is 14.2. The molecule has 2 rings (SSSR count). The molecule has 1 N–H and O–H groups in total. The fourth-order valence-corrected chi connectivity index (χ4v) is 2.62. The van der Waals surface area contributed by atoms with Gasteiger partial charge in [0.2, 0.25) is 0 Å². The molecule has 0 radical (unpaired) electrons. The number of carbonyl (C=O) groups excluding carboxylic acids is 1. The Morgan fingerprint density at radius 3 is 2.63 bits per heavy atom. The second-order valence-electron chi connectivity index (χ2n) is 4.57. The minimum absolute atomic E-state index is 0.00365. The molecule has 1 aliphatic rings. The summed E-state index contributed by atoms with van der Waals surface area (Å²) in [5, 5.41) is 8.78. The van der Waals surface area contributed by atoms with Crippen molar-refractivity contribution in [3.05, 3.63) is 29.8 Å². The van der Waals surface area contributed by atoms with E-state index in [9.17, 15) is 9.59 Å². The minimum Gasteiger partial charge on any atom is -0.481 e. The van der Waals surface area contributed by atoms with Gasteiger partial charge in [-0.3, -0.25) is 9.59 Å². The van der Waals surface area contributed by atoms with Crippen LogP contribution in [0.25, 0.3) is 0 Å². The van der Waals surface area contributed by atoms with Crippen molar-refractivity contribution in [3.8, 4) is 0 Å². The summed E-state index contributed by atoms with van der Waals surface area (Å²) >= 11 is 1.53. The molecule has 5 heteroatoms. The van der Waals surface area contributed by atoms with Gasteiger partial charge in [0.25, 0.3) is 5.91 Å². The van der Waals surface area contributed by atoms with E-state index in [0.717, 1.165) is 17.7 Å². The van der Waals surface area contributed by atoms with Crippen LogP contribution >= 0.6 is 11.8 Å². The molecular weight excluding hydrogens is 262 g/mol. The van der Waals surface area contributed by atoms with Crippen LogP contribution in [-0.4, -0.2) is 40.7 Å². The van der Waals surface area contributed by atoms with Crippen molar-refractivity contribution < 1.29 is 14.7 Å². The van der Waals surface area contributed by atoms with Gasteiger partial charge in [0.05, 0.1) is 12.0 Å². The zero-order valence-electron chi connectivity index (χ0n) is 10.8. The van der Waals surface area contributed by atoms with Crippen molar-refractivity contribution >= 4 is 23.6 Å². The number of rotatable bonds is 6. The molecule has 1 amide bonds. The van der Waals surface area contributed by atoms with Gasteiger partial charge < -0.3 is 10.0 Å². The van der Waals surface area contributed by atoms with E-state index in [1.54, 1.807) is 4.90 Å². The van der Waals surface area contributed by atoms with Crippen LogP contribution in [-0.2, 0) is 4.79 Å². The van der Waals surface area contributed by atoms with Gasteiger partial charge in [-0.2, -0.15) is 0 Å². The highest BCUT2D eigenvalue weighted by molar-refractivity contribution is 7.98. The molecule has 0 unspecified atom stereocenters. The van der Waals surface area contributed by atoms with Gasteiger partial charge in [0.1, 0.15) is 0 Å². The molecule has 4 nitrogen and oxygen atoms in total. The van der Waals surface area contributed by atoms with Crippen molar-refractivity contribution in [1.82, 2.24) is 4.90 Å². The van der Waals surface area contributed by atoms with Gasteiger partial charge in [-0.15, -0.1) is 11.8 Å². The lowest BCUT2D eigenvalue weighted by molar-refractivity contribution is -0.137. The van der Waals surface area contributed by atoms with Gasteiger partial charge in [-0.25, -0.2) is 0 Å². The second kappa shape index (κ2) is 6.10. The summed E-state index contributed by atoms with van der Waals surface area (Å²) in [5.74, 6) is -0.912. The lowest BCUT2D eigenvalue weighted by Gasteiger charge is -2.22. The molecule has 1 aromatic rings. The molecule has 0 aliphatic heterocycles. The van der Waals surface area contributed by atoms with E-state index in [1.807, 2.05) is 30.5 Å². The number of aliphatic carboxylic acids is 1. The van der Waals surface area contributed by atoms with Gasteiger partial charge in [0, 0.05) is 17.5 Å². The number of thioether (sulfide) groups is 1. The van der Waals surface area contributed by atoms with Crippen molar-refractivity contribution in [1.29, 1.82) is 0 Å². The first-order valence-corrected chi connectivity index (χ1v) is 7.51. The number of hydrogen-bond donors (Lipinski definition) is 1. The van der Waals surface area contributed by atoms with Crippen LogP contribution < -0.4 is 0 Å². The Kier molecular flexibility index (Phi) is 4.47. The van der Waals surface area contributed by atoms with Crippen molar-refractivity contribution in [2.45, 2.75) is 30.2 Å². The van der Waals surface area contributed by atoms with E-state index in [2.05, 4.69) is 0 Å². The number of nitrogens with zero attached hydrogens (tertiary/aromatic N) is 1. The predicted octanol–water partition coefficient (Wildman–Crippen LogP) is 2.49. The van der Waals surface area contributed by atoms with Gasteiger partial charge in [-0.1, -0.05) is 12.1 Å². The lowest BCUT2D eigenvalue weighted by Crippen LogP contribution is -2.35. The third-order valence-corrected chi connectivity index (χ3v) is 3.95. The molecule has 0 spiro atoms. The maximum atomic E-state index is 12.5. The maximum Gasteiger partial charge on any atom is 0.305 e. The fourth-order valence-electron chi connectivity index (χ4n) is 2.03. The molecular formula is C14H17NO3S. The van der Waals surface area contributed by atoms with E-state index >= 15 is 0 Å². The van der Waals surface area contributed by atoms with Crippen LogP contribution in [0, 0.1) is 0 Å². The van der Waals surface area contributed by atoms with Crippen LogP contribution in [0.1, 0.15) is 29.6 Å². The van der Waals surface area contributed by atoms with E-state index < -0.39 is 5.97 Å². The first-order chi connectivity index (χ1) is 9.13. The standard InChI is InChI=1S/C14H17NO3S/c1-19-12-5-3-2-4-11(12)14(18)15(10-6-7-10)9-8-13(16)17/h2-5,10H,6-9H2,1H3,(H,16,17). The number of carbonyl (C=O) groups is 2. The highest BCUT2D eigenvalue weighted by Crippen LogP contribution is 2.30. The summed E-state index contributed by atoms with van der Waals surface area (Å²) in [5.41, 5.74) is 0.673. The molecule has 0 atom stereocenters. The average Bonchev–Trinajstić information content (AvgIpc) is 3.23. The SMILES string of the molecule is CSc1ccccc1C(=O)N(CCC(=O)O)C1CC1. The Hall–Kier alpha value is -1.49. The number of hydrogen-bond acceptors (Lipinski definition) is 3. The van der Waals surface area contributed by atoms with Crippen molar-refractivity contribution in [3.63, 3.8) is 0 Å². The third-order valence-electron chi connectivity index (χ3n) is 3.15. The molecule has 1 aromatic carbocycles. The number of carboxylic acids is 1. The first kappa shape index (κ1) is 13.9. The molecule has 0 aromatic heterocycles. The van der Waals surface area contributed by atoms with Gasteiger partial charge >= 0.3 is 5.97 Å². The smallest absolute Gasteiger partial charge is 0.305 e. The molecule has 1 aliphatic carbocycles.